The van der Waals surface area contributed by atoms with Crippen molar-refractivity contribution >= 4 is 17.3 Å². The number of unbranched alkanes of at least 4 members (excludes halogenated alkanes) is 9. The molecular weight excluding hydrogens is 340 g/mol. The van der Waals surface area contributed by atoms with Crippen LogP contribution in [0.4, 0.5) is 0 Å². The maximum absolute atomic E-state index is 9.83. The summed E-state index contributed by atoms with van der Waals surface area (Å²) in [6.07, 6.45) is 9.49. The standard InChI is InChI=1S/C19H36O5S/c1-2-3-4-5-6-7-8-9-10-11-12-17(25)24-14-16-19(22)18(21)15(20)13-23-16/h15-16,18-22H,2-14H2,1H3/t15-,16+,18+,19+/m1/s1. The van der Waals surface area contributed by atoms with E-state index in [2.05, 4.69) is 6.92 Å². The lowest BCUT2D eigenvalue weighted by Crippen LogP contribution is -2.54. The van der Waals surface area contributed by atoms with Gasteiger partial charge < -0.3 is 24.8 Å². The fourth-order valence-electron chi connectivity index (χ4n) is 3.02. The van der Waals surface area contributed by atoms with Gasteiger partial charge in [-0.25, -0.2) is 0 Å². The summed E-state index contributed by atoms with van der Waals surface area (Å²) in [4.78, 5) is 0. The van der Waals surface area contributed by atoms with E-state index in [4.69, 9.17) is 21.7 Å². The molecule has 5 nitrogen and oxygen atoms in total. The summed E-state index contributed by atoms with van der Waals surface area (Å²) in [6, 6.07) is 0. The molecule has 0 saturated carbocycles. The summed E-state index contributed by atoms with van der Waals surface area (Å²) < 4.78 is 10.8. The third-order valence-corrected chi connectivity index (χ3v) is 5.07. The fourth-order valence-corrected chi connectivity index (χ4v) is 3.23. The van der Waals surface area contributed by atoms with Crippen LogP contribution in [0.5, 0.6) is 0 Å². The van der Waals surface area contributed by atoms with E-state index in [0.29, 0.717) is 5.05 Å². The number of thiocarbonyl (C=S) groups is 1. The zero-order valence-electron chi connectivity index (χ0n) is 15.6. The van der Waals surface area contributed by atoms with Gasteiger partial charge in [-0.3, -0.25) is 0 Å². The van der Waals surface area contributed by atoms with Gasteiger partial charge in [0.15, 0.2) is 5.05 Å². The second-order valence-corrected chi connectivity index (χ2v) is 7.49. The van der Waals surface area contributed by atoms with Crippen molar-refractivity contribution in [2.24, 2.45) is 0 Å². The van der Waals surface area contributed by atoms with Gasteiger partial charge in [-0.1, -0.05) is 64.7 Å². The lowest BCUT2D eigenvalue weighted by atomic mass is 10.0. The average molecular weight is 377 g/mol. The van der Waals surface area contributed by atoms with Gasteiger partial charge in [-0.05, 0) is 18.6 Å². The van der Waals surface area contributed by atoms with Crippen LogP contribution in [0.25, 0.3) is 0 Å². The molecule has 3 N–H and O–H groups in total. The lowest BCUT2D eigenvalue weighted by Gasteiger charge is -2.34. The van der Waals surface area contributed by atoms with Crippen molar-refractivity contribution in [1.82, 2.24) is 0 Å². The highest BCUT2D eigenvalue weighted by Crippen LogP contribution is 2.17. The van der Waals surface area contributed by atoms with E-state index in [1.165, 1.54) is 51.4 Å². The largest absolute Gasteiger partial charge is 0.484 e. The Morgan fingerprint density at radius 2 is 1.48 bits per heavy atom. The molecule has 4 atom stereocenters. The minimum atomic E-state index is -1.20. The first kappa shape index (κ1) is 22.8. The third kappa shape index (κ3) is 9.85. The molecule has 0 spiro atoms. The van der Waals surface area contributed by atoms with Crippen molar-refractivity contribution in [3.63, 3.8) is 0 Å². The van der Waals surface area contributed by atoms with Crippen molar-refractivity contribution in [1.29, 1.82) is 0 Å². The Balaban J connectivity index is 1.95. The molecule has 0 aromatic carbocycles. The lowest BCUT2D eigenvalue weighted by molar-refractivity contribution is -0.193. The molecule has 1 saturated heterocycles. The number of aliphatic hydroxyl groups excluding tert-OH is 3. The molecule has 0 radical (unpaired) electrons. The molecule has 0 aromatic heterocycles. The zero-order valence-corrected chi connectivity index (χ0v) is 16.4. The molecule has 0 aromatic rings. The normalized spacial score (nSPS) is 26.6. The molecule has 0 amide bonds. The van der Waals surface area contributed by atoms with Crippen molar-refractivity contribution in [2.45, 2.75) is 102 Å². The van der Waals surface area contributed by atoms with Gasteiger partial charge in [0.1, 0.15) is 31.0 Å². The monoisotopic (exact) mass is 376 g/mol. The Morgan fingerprint density at radius 1 is 0.920 bits per heavy atom. The Kier molecular flexibility index (Phi) is 12.6. The van der Waals surface area contributed by atoms with Crippen molar-refractivity contribution in [3.8, 4) is 0 Å². The summed E-state index contributed by atoms with van der Waals surface area (Å²) in [6.45, 7) is 2.35. The molecule has 1 fully saturated rings. The van der Waals surface area contributed by atoms with Crippen LogP contribution in [-0.2, 0) is 9.47 Å². The van der Waals surface area contributed by atoms with Crippen LogP contribution in [-0.4, -0.2) is 58.0 Å². The molecule has 0 unspecified atom stereocenters. The topological polar surface area (TPSA) is 79.2 Å². The second kappa shape index (κ2) is 13.9. The Hall–Kier alpha value is -0.270. The summed E-state index contributed by atoms with van der Waals surface area (Å²) >= 11 is 5.20. The summed E-state index contributed by atoms with van der Waals surface area (Å²) in [5.74, 6) is 0. The SMILES string of the molecule is CCCCCCCCCCCCC(=S)OC[C@@H]1OC[C@@H](O)[C@H](O)[C@H]1O. The van der Waals surface area contributed by atoms with Crippen molar-refractivity contribution in [2.75, 3.05) is 13.2 Å². The first-order valence-electron chi connectivity index (χ1n) is 9.87. The quantitative estimate of drug-likeness (QED) is 0.339. The van der Waals surface area contributed by atoms with Crippen LogP contribution >= 0.6 is 12.2 Å². The number of ether oxygens (including phenoxy) is 2. The molecule has 0 aliphatic carbocycles. The van der Waals surface area contributed by atoms with Crippen LogP contribution in [0, 0.1) is 0 Å². The molecule has 1 aliphatic heterocycles. The van der Waals surface area contributed by atoms with Gasteiger partial charge in [0.2, 0.25) is 0 Å². The van der Waals surface area contributed by atoms with E-state index in [1.807, 2.05) is 0 Å². The van der Waals surface area contributed by atoms with E-state index in [9.17, 15) is 15.3 Å². The number of hydrogen-bond acceptors (Lipinski definition) is 6. The molecular formula is C19H36O5S. The molecule has 1 aliphatic rings. The van der Waals surface area contributed by atoms with Crippen LogP contribution < -0.4 is 0 Å². The van der Waals surface area contributed by atoms with Gasteiger partial charge >= 0.3 is 0 Å². The van der Waals surface area contributed by atoms with Gasteiger partial charge in [0.05, 0.1) is 6.61 Å². The number of rotatable bonds is 13. The molecule has 148 valence electrons. The van der Waals surface area contributed by atoms with E-state index in [1.54, 1.807) is 0 Å². The third-order valence-electron chi connectivity index (χ3n) is 4.75. The minimum Gasteiger partial charge on any atom is -0.484 e. The van der Waals surface area contributed by atoms with E-state index < -0.39 is 24.4 Å². The van der Waals surface area contributed by atoms with E-state index >= 15 is 0 Å². The number of aliphatic hydroxyl groups is 3. The first-order chi connectivity index (χ1) is 12.1. The van der Waals surface area contributed by atoms with Gasteiger partial charge in [-0.2, -0.15) is 0 Å². The molecule has 25 heavy (non-hydrogen) atoms. The maximum atomic E-state index is 9.83. The van der Waals surface area contributed by atoms with E-state index in [-0.39, 0.29) is 13.2 Å². The number of hydrogen-bond donors (Lipinski definition) is 3. The van der Waals surface area contributed by atoms with Crippen LogP contribution in [0.2, 0.25) is 0 Å². The first-order valence-corrected chi connectivity index (χ1v) is 10.3. The molecule has 1 heterocycles. The van der Waals surface area contributed by atoms with Crippen molar-refractivity contribution in [3.05, 3.63) is 0 Å². The molecule has 6 heteroatoms. The van der Waals surface area contributed by atoms with Gasteiger partial charge in [0.25, 0.3) is 0 Å². The highest BCUT2D eigenvalue weighted by molar-refractivity contribution is 7.80. The van der Waals surface area contributed by atoms with Gasteiger partial charge in [-0.15, -0.1) is 0 Å². The maximum Gasteiger partial charge on any atom is 0.159 e. The average Bonchev–Trinajstić information content (AvgIpc) is 2.60. The summed E-state index contributed by atoms with van der Waals surface area (Å²) in [7, 11) is 0. The zero-order chi connectivity index (χ0) is 18.5. The van der Waals surface area contributed by atoms with Gasteiger partial charge in [0, 0.05) is 6.42 Å². The highest BCUT2D eigenvalue weighted by atomic mass is 32.1. The Bertz CT molecular complexity index is 353. The van der Waals surface area contributed by atoms with Crippen LogP contribution in [0.15, 0.2) is 0 Å². The Morgan fingerprint density at radius 3 is 2.08 bits per heavy atom. The van der Waals surface area contributed by atoms with Crippen LogP contribution in [0.3, 0.4) is 0 Å². The van der Waals surface area contributed by atoms with Crippen LogP contribution in [0.1, 0.15) is 77.6 Å². The molecule has 1 rings (SSSR count). The molecule has 0 bridgehead atoms. The van der Waals surface area contributed by atoms with E-state index in [0.717, 1.165) is 19.3 Å². The second-order valence-electron chi connectivity index (χ2n) is 7.04. The predicted octanol–water partition coefficient (Wildman–Crippen LogP) is 3.12. The fraction of sp³-hybridized carbons (Fsp3) is 0.947. The van der Waals surface area contributed by atoms with Crippen molar-refractivity contribution < 1.29 is 24.8 Å². The summed E-state index contributed by atoms with van der Waals surface area (Å²) in [5, 5.41) is 29.4. The predicted molar refractivity (Wildman–Crippen MR) is 103 cm³/mol. The minimum absolute atomic E-state index is 0.00252. The highest BCUT2D eigenvalue weighted by Gasteiger charge is 2.37. The smallest absolute Gasteiger partial charge is 0.159 e. The Labute approximate surface area is 157 Å². The summed E-state index contributed by atoms with van der Waals surface area (Å²) in [5.41, 5.74) is 0.